The Morgan fingerprint density at radius 3 is 1.85 bits per heavy atom. The van der Waals surface area contributed by atoms with Gasteiger partial charge in [-0.25, -0.2) is 0 Å². The van der Waals surface area contributed by atoms with Crippen molar-refractivity contribution in [3.63, 3.8) is 0 Å². The smallest absolute Gasteiger partial charge is 0.258 e. The zero-order chi connectivity index (χ0) is 28.0. The van der Waals surface area contributed by atoms with Crippen molar-refractivity contribution in [3.8, 4) is 23.0 Å². The van der Waals surface area contributed by atoms with Gasteiger partial charge >= 0.3 is 0 Å². The van der Waals surface area contributed by atoms with E-state index < -0.39 is 0 Å². The van der Waals surface area contributed by atoms with Gasteiger partial charge in [-0.05, 0) is 55.8 Å². The molecule has 0 fully saturated rings. The lowest BCUT2D eigenvalue weighted by molar-refractivity contribution is 0.0971. The molecule has 6 rings (SSSR count). The molecule has 0 saturated heterocycles. The third-order valence-electron chi connectivity index (χ3n) is 7.94. The first-order chi connectivity index (χ1) is 19.5. The number of aromatic nitrogens is 1. The molecule has 0 aliphatic carbocycles. The second-order valence-electron chi connectivity index (χ2n) is 9.98. The minimum Gasteiger partial charge on any atom is -0.496 e. The van der Waals surface area contributed by atoms with E-state index in [1.165, 1.54) is 10.8 Å². The van der Waals surface area contributed by atoms with Gasteiger partial charge in [-0.1, -0.05) is 36.4 Å². The standard InChI is InChI=1S/C33H32N2O5/c1-20-18-26(35-24-12-8-6-10-22(24)23-11-7-9-13-25(23)35)31-28(38-3)16-17-29(39-4)32(31)34(20)33(36)21-14-15-27(37-2)30(19-21)40-5/h6-17,19-20,26H,18H2,1-5H3. The van der Waals surface area contributed by atoms with Gasteiger partial charge in [0.15, 0.2) is 11.5 Å². The molecule has 1 aliphatic rings. The van der Waals surface area contributed by atoms with Crippen LogP contribution in [0.15, 0.2) is 78.9 Å². The Bertz CT molecular complexity index is 1690. The Hall–Kier alpha value is -4.65. The van der Waals surface area contributed by atoms with Crippen molar-refractivity contribution < 1.29 is 23.7 Å². The summed E-state index contributed by atoms with van der Waals surface area (Å²) in [4.78, 5) is 16.1. The van der Waals surface area contributed by atoms with Crippen molar-refractivity contribution in [1.82, 2.24) is 4.57 Å². The molecule has 40 heavy (non-hydrogen) atoms. The van der Waals surface area contributed by atoms with Gasteiger partial charge in [0.1, 0.15) is 11.5 Å². The summed E-state index contributed by atoms with van der Waals surface area (Å²) in [5.41, 5.74) is 4.40. The molecule has 0 N–H and O–H groups in total. The number of hydrogen-bond acceptors (Lipinski definition) is 5. The largest absolute Gasteiger partial charge is 0.496 e. The molecule has 0 saturated carbocycles. The average Bonchev–Trinajstić information content (AvgIpc) is 3.33. The van der Waals surface area contributed by atoms with Crippen LogP contribution in [0.5, 0.6) is 23.0 Å². The van der Waals surface area contributed by atoms with Crippen molar-refractivity contribution in [2.75, 3.05) is 33.3 Å². The van der Waals surface area contributed by atoms with Gasteiger partial charge in [-0.2, -0.15) is 0 Å². The van der Waals surface area contributed by atoms with Crippen molar-refractivity contribution in [1.29, 1.82) is 0 Å². The second-order valence-corrected chi connectivity index (χ2v) is 9.98. The number of anilines is 1. The fourth-order valence-corrected chi connectivity index (χ4v) is 6.18. The Kier molecular flexibility index (Phi) is 6.50. The van der Waals surface area contributed by atoms with Gasteiger partial charge in [0.05, 0.1) is 40.2 Å². The van der Waals surface area contributed by atoms with E-state index in [1.807, 2.05) is 17.0 Å². The molecule has 1 aliphatic heterocycles. The first-order valence-electron chi connectivity index (χ1n) is 13.3. The molecule has 0 radical (unpaired) electrons. The van der Waals surface area contributed by atoms with Crippen LogP contribution < -0.4 is 23.8 Å². The van der Waals surface area contributed by atoms with Crippen LogP contribution in [-0.2, 0) is 0 Å². The molecular weight excluding hydrogens is 504 g/mol. The van der Waals surface area contributed by atoms with Crippen molar-refractivity contribution in [2.45, 2.75) is 25.4 Å². The maximum atomic E-state index is 14.3. The Labute approximate surface area is 233 Å². The van der Waals surface area contributed by atoms with E-state index in [9.17, 15) is 4.79 Å². The molecule has 0 bridgehead atoms. The number of nitrogens with zero attached hydrogens (tertiary/aromatic N) is 2. The van der Waals surface area contributed by atoms with Crippen LogP contribution in [0.1, 0.15) is 35.3 Å². The summed E-state index contributed by atoms with van der Waals surface area (Å²) in [5.74, 6) is 2.24. The molecule has 2 unspecified atom stereocenters. The lowest BCUT2D eigenvalue weighted by Gasteiger charge is -2.41. The van der Waals surface area contributed by atoms with Crippen molar-refractivity contribution in [3.05, 3.63) is 90.0 Å². The van der Waals surface area contributed by atoms with Crippen LogP contribution in [0.4, 0.5) is 5.69 Å². The number of fused-ring (bicyclic) bond motifs is 4. The molecule has 1 aromatic heterocycles. The fraction of sp³-hybridized carbons (Fsp3) is 0.242. The second kappa shape index (κ2) is 10.2. The van der Waals surface area contributed by atoms with Crippen LogP contribution in [0.25, 0.3) is 21.8 Å². The Balaban J connectivity index is 1.60. The summed E-state index contributed by atoms with van der Waals surface area (Å²) in [6.07, 6.45) is 0.679. The number of carbonyl (C=O) groups excluding carboxylic acids is 1. The number of hydrogen-bond donors (Lipinski definition) is 0. The van der Waals surface area contributed by atoms with Gasteiger partial charge in [0, 0.05) is 39.0 Å². The monoisotopic (exact) mass is 536 g/mol. The Morgan fingerprint density at radius 2 is 1.25 bits per heavy atom. The van der Waals surface area contributed by atoms with Crippen molar-refractivity contribution in [2.24, 2.45) is 0 Å². The molecule has 5 aromatic rings. The van der Waals surface area contributed by atoms with E-state index in [1.54, 1.807) is 46.6 Å². The third kappa shape index (κ3) is 3.84. The van der Waals surface area contributed by atoms with Crippen LogP contribution in [0.3, 0.4) is 0 Å². The van der Waals surface area contributed by atoms with Crippen LogP contribution in [-0.4, -0.2) is 45.0 Å². The fourth-order valence-electron chi connectivity index (χ4n) is 6.18. The van der Waals surface area contributed by atoms with E-state index in [2.05, 4.69) is 60.0 Å². The summed E-state index contributed by atoms with van der Waals surface area (Å²) in [7, 11) is 6.45. The number of amides is 1. The van der Waals surface area contributed by atoms with Crippen LogP contribution in [0.2, 0.25) is 0 Å². The van der Waals surface area contributed by atoms with Gasteiger partial charge in [-0.3, -0.25) is 4.79 Å². The molecule has 7 heteroatoms. The predicted octanol–water partition coefficient (Wildman–Crippen LogP) is 6.86. The number of benzene rings is 4. The predicted molar refractivity (Wildman–Crippen MR) is 158 cm³/mol. The van der Waals surface area contributed by atoms with E-state index in [4.69, 9.17) is 18.9 Å². The van der Waals surface area contributed by atoms with Gasteiger partial charge in [0.2, 0.25) is 0 Å². The van der Waals surface area contributed by atoms with Crippen LogP contribution >= 0.6 is 0 Å². The average molecular weight is 537 g/mol. The number of para-hydroxylation sites is 2. The number of ether oxygens (including phenoxy) is 4. The van der Waals surface area contributed by atoms with Gasteiger partial charge in [0.25, 0.3) is 5.91 Å². The number of carbonyl (C=O) groups is 1. The van der Waals surface area contributed by atoms with E-state index in [0.717, 1.165) is 16.6 Å². The lowest BCUT2D eigenvalue weighted by Crippen LogP contribution is -2.44. The lowest BCUT2D eigenvalue weighted by atomic mass is 9.89. The maximum absolute atomic E-state index is 14.3. The highest BCUT2D eigenvalue weighted by atomic mass is 16.5. The molecular formula is C33H32N2O5. The first-order valence-corrected chi connectivity index (χ1v) is 13.3. The maximum Gasteiger partial charge on any atom is 0.258 e. The molecule has 4 aromatic carbocycles. The molecule has 7 nitrogen and oxygen atoms in total. The highest BCUT2D eigenvalue weighted by Crippen LogP contribution is 2.51. The molecule has 204 valence electrons. The zero-order valence-electron chi connectivity index (χ0n) is 23.3. The molecule has 1 amide bonds. The number of rotatable bonds is 6. The van der Waals surface area contributed by atoms with E-state index in [0.29, 0.717) is 40.7 Å². The van der Waals surface area contributed by atoms with Crippen molar-refractivity contribution >= 4 is 33.4 Å². The summed E-state index contributed by atoms with van der Waals surface area (Å²) >= 11 is 0. The van der Waals surface area contributed by atoms with Gasteiger partial charge in [-0.15, -0.1) is 0 Å². The summed E-state index contributed by atoms with van der Waals surface area (Å²) in [5, 5.41) is 2.39. The quantitative estimate of drug-likeness (QED) is 0.237. The number of methoxy groups -OCH3 is 4. The summed E-state index contributed by atoms with van der Waals surface area (Å²) in [6, 6.07) is 25.7. The molecule has 2 atom stereocenters. The molecule has 0 spiro atoms. The topological polar surface area (TPSA) is 62.2 Å². The highest BCUT2D eigenvalue weighted by Gasteiger charge is 2.40. The zero-order valence-corrected chi connectivity index (χ0v) is 23.3. The summed E-state index contributed by atoms with van der Waals surface area (Å²) < 4.78 is 25.1. The minimum absolute atomic E-state index is 0.102. The van der Waals surface area contributed by atoms with Crippen LogP contribution in [0, 0.1) is 0 Å². The molecule has 2 heterocycles. The normalized spacial score (nSPS) is 16.6. The first kappa shape index (κ1) is 25.6. The minimum atomic E-state index is -0.154. The Morgan fingerprint density at radius 1 is 0.700 bits per heavy atom. The highest BCUT2D eigenvalue weighted by molar-refractivity contribution is 6.10. The summed E-state index contributed by atoms with van der Waals surface area (Å²) in [6.45, 7) is 2.08. The van der Waals surface area contributed by atoms with E-state index >= 15 is 0 Å². The third-order valence-corrected chi connectivity index (χ3v) is 7.94. The van der Waals surface area contributed by atoms with E-state index in [-0.39, 0.29) is 18.0 Å². The SMILES string of the molecule is COc1ccc(C(=O)N2c3c(OC)ccc(OC)c3C(n3c4ccccc4c4ccccc43)CC2C)cc1OC. The van der Waals surface area contributed by atoms with Gasteiger partial charge < -0.3 is 28.4 Å².